The maximum absolute atomic E-state index is 11.6. The minimum atomic E-state index is -0.521. The summed E-state index contributed by atoms with van der Waals surface area (Å²) in [5.41, 5.74) is 5.58. The lowest BCUT2D eigenvalue weighted by Gasteiger charge is -1.92. The topological polar surface area (TPSA) is 88.8 Å². The molecule has 78 valence electrons. The molecular formula is C9H9N3O2S. The number of rotatable bonds is 1. The molecule has 0 saturated carbocycles. The first kappa shape index (κ1) is 9.85. The van der Waals surface area contributed by atoms with E-state index in [1.807, 2.05) is 0 Å². The van der Waals surface area contributed by atoms with Crippen molar-refractivity contribution < 1.29 is 4.79 Å². The average Bonchev–Trinajstić information content (AvgIpc) is 2.42. The molecule has 2 aromatic heterocycles. The number of primary amides is 1. The Morgan fingerprint density at radius 2 is 2.13 bits per heavy atom. The van der Waals surface area contributed by atoms with Crippen molar-refractivity contribution in [3.05, 3.63) is 26.6 Å². The van der Waals surface area contributed by atoms with Crippen LogP contribution in [0.15, 0.2) is 4.79 Å². The first-order valence-electron chi connectivity index (χ1n) is 4.30. The number of aryl methyl sites for hydroxylation is 2. The number of carbonyl (C=O) groups excluding carboxylic acids is 1. The van der Waals surface area contributed by atoms with E-state index in [0.29, 0.717) is 26.5 Å². The number of H-pyrrole nitrogens is 1. The predicted molar refractivity (Wildman–Crippen MR) is 58.2 cm³/mol. The van der Waals surface area contributed by atoms with Gasteiger partial charge in [-0.15, -0.1) is 11.3 Å². The SMILES string of the molecule is Cc1nc2sc(C(N)=O)c(C)c2c(=O)[nH]1. The van der Waals surface area contributed by atoms with Crippen LogP contribution in [0.3, 0.4) is 0 Å². The lowest BCUT2D eigenvalue weighted by Crippen LogP contribution is -2.12. The van der Waals surface area contributed by atoms with E-state index < -0.39 is 5.91 Å². The summed E-state index contributed by atoms with van der Waals surface area (Å²) < 4.78 is 0. The van der Waals surface area contributed by atoms with E-state index in [1.54, 1.807) is 13.8 Å². The number of fused-ring (bicyclic) bond motifs is 1. The molecule has 0 aliphatic rings. The van der Waals surface area contributed by atoms with E-state index in [2.05, 4.69) is 9.97 Å². The van der Waals surface area contributed by atoms with Gasteiger partial charge in [0, 0.05) is 0 Å². The van der Waals surface area contributed by atoms with Crippen molar-refractivity contribution in [3.63, 3.8) is 0 Å². The maximum Gasteiger partial charge on any atom is 0.259 e. The molecular weight excluding hydrogens is 214 g/mol. The van der Waals surface area contributed by atoms with Crippen molar-refractivity contribution in [2.24, 2.45) is 5.73 Å². The number of aromatic nitrogens is 2. The van der Waals surface area contributed by atoms with Gasteiger partial charge in [-0.2, -0.15) is 0 Å². The van der Waals surface area contributed by atoms with Gasteiger partial charge in [0.2, 0.25) is 0 Å². The van der Waals surface area contributed by atoms with Crippen LogP contribution in [-0.2, 0) is 0 Å². The van der Waals surface area contributed by atoms with E-state index in [0.717, 1.165) is 11.3 Å². The highest BCUT2D eigenvalue weighted by Gasteiger charge is 2.16. The minimum absolute atomic E-state index is 0.223. The second-order valence-corrected chi connectivity index (χ2v) is 4.25. The molecule has 0 saturated heterocycles. The lowest BCUT2D eigenvalue weighted by molar-refractivity contribution is 0.100. The molecule has 5 nitrogen and oxygen atoms in total. The smallest absolute Gasteiger partial charge is 0.259 e. The first-order valence-corrected chi connectivity index (χ1v) is 5.12. The summed E-state index contributed by atoms with van der Waals surface area (Å²) in [6.07, 6.45) is 0. The highest BCUT2D eigenvalue weighted by atomic mass is 32.1. The fourth-order valence-electron chi connectivity index (χ4n) is 1.49. The molecule has 6 heteroatoms. The van der Waals surface area contributed by atoms with Crippen LogP contribution in [0.25, 0.3) is 10.2 Å². The van der Waals surface area contributed by atoms with Crippen molar-refractivity contribution >= 4 is 27.5 Å². The summed E-state index contributed by atoms with van der Waals surface area (Å²) in [6, 6.07) is 0. The number of carbonyl (C=O) groups is 1. The molecule has 0 aliphatic heterocycles. The lowest BCUT2D eigenvalue weighted by atomic mass is 10.2. The van der Waals surface area contributed by atoms with Gasteiger partial charge < -0.3 is 10.7 Å². The number of aromatic amines is 1. The Bertz CT molecular complexity index is 612. The third-order valence-electron chi connectivity index (χ3n) is 2.14. The second-order valence-electron chi connectivity index (χ2n) is 3.25. The number of hydrogen-bond donors (Lipinski definition) is 2. The molecule has 0 spiro atoms. The van der Waals surface area contributed by atoms with E-state index in [-0.39, 0.29) is 5.56 Å². The van der Waals surface area contributed by atoms with Crippen LogP contribution in [-0.4, -0.2) is 15.9 Å². The standard InChI is InChI=1S/C9H9N3O2S/c1-3-5-8(14)11-4(2)12-9(5)15-6(3)7(10)13/h1-2H3,(H2,10,13)(H,11,12,14). The molecule has 0 unspecified atom stereocenters. The highest BCUT2D eigenvalue weighted by molar-refractivity contribution is 7.20. The van der Waals surface area contributed by atoms with Gasteiger partial charge in [-0.1, -0.05) is 0 Å². The molecule has 2 heterocycles. The number of nitrogens with two attached hydrogens (primary N) is 1. The summed E-state index contributed by atoms with van der Waals surface area (Å²) in [5.74, 6) is 0.0114. The molecule has 2 aromatic rings. The van der Waals surface area contributed by atoms with E-state index >= 15 is 0 Å². The van der Waals surface area contributed by atoms with Gasteiger partial charge in [-0.25, -0.2) is 4.98 Å². The molecule has 15 heavy (non-hydrogen) atoms. The van der Waals surface area contributed by atoms with E-state index in [9.17, 15) is 9.59 Å². The third kappa shape index (κ3) is 1.42. The molecule has 0 bridgehead atoms. The van der Waals surface area contributed by atoms with Crippen LogP contribution in [0, 0.1) is 13.8 Å². The Morgan fingerprint density at radius 1 is 1.47 bits per heavy atom. The zero-order chi connectivity index (χ0) is 11.2. The molecule has 0 fully saturated rings. The largest absolute Gasteiger partial charge is 0.365 e. The van der Waals surface area contributed by atoms with Crippen LogP contribution in [0.2, 0.25) is 0 Å². The maximum atomic E-state index is 11.6. The molecule has 0 aromatic carbocycles. The van der Waals surface area contributed by atoms with Gasteiger partial charge in [0.15, 0.2) is 0 Å². The van der Waals surface area contributed by atoms with Gasteiger partial charge in [0.25, 0.3) is 11.5 Å². The minimum Gasteiger partial charge on any atom is -0.365 e. The van der Waals surface area contributed by atoms with E-state index in [1.165, 1.54) is 0 Å². The fraction of sp³-hybridized carbons (Fsp3) is 0.222. The Balaban J connectivity index is 2.94. The summed E-state index contributed by atoms with van der Waals surface area (Å²) in [4.78, 5) is 30.4. The number of amides is 1. The van der Waals surface area contributed by atoms with Crippen LogP contribution < -0.4 is 11.3 Å². The molecule has 3 N–H and O–H groups in total. The highest BCUT2D eigenvalue weighted by Crippen LogP contribution is 2.26. The summed E-state index contributed by atoms with van der Waals surface area (Å²) in [5, 5.41) is 0.458. The van der Waals surface area contributed by atoms with Crippen LogP contribution in [0.4, 0.5) is 0 Å². The average molecular weight is 223 g/mol. The van der Waals surface area contributed by atoms with Gasteiger partial charge in [0.05, 0.1) is 10.3 Å². The fourth-order valence-corrected chi connectivity index (χ4v) is 2.57. The number of nitrogens with one attached hydrogen (secondary N) is 1. The van der Waals surface area contributed by atoms with Crippen molar-refractivity contribution in [1.82, 2.24) is 9.97 Å². The van der Waals surface area contributed by atoms with Gasteiger partial charge in [0.1, 0.15) is 10.7 Å². The zero-order valence-corrected chi connectivity index (χ0v) is 9.07. The molecule has 2 rings (SSSR count). The second kappa shape index (κ2) is 3.16. The number of thiophene rings is 1. The van der Waals surface area contributed by atoms with Crippen molar-refractivity contribution in [1.29, 1.82) is 0 Å². The third-order valence-corrected chi connectivity index (χ3v) is 3.34. The normalized spacial score (nSPS) is 10.8. The zero-order valence-electron chi connectivity index (χ0n) is 8.25. The van der Waals surface area contributed by atoms with E-state index in [4.69, 9.17) is 5.73 Å². The Hall–Kier alpha value is -1.69. The number of hydrogen-bond acceptors (Lipinski definition) is 4. The summed E-state index contributed by atoms with van der Waals surface area (Å²) in [6.45, 7) is 3.39. The van der Waals surface area contributed by atoms with Crippen molar-refractivity contribution in [2.45, 2.75) is 13.8 Å². The molecule has 0 atom stereocenters. The van der Waals surface area contributed by atoms with Crippen molar-refractivity contribution in [3.8, 4) is 0 Å². The monoisotopic (exact) mass is 223 g/mol. The summed E-state index contributed by atoms with van der Waals surface area (Å²) >= 11 is 1.15. The summed E-state index contributed by atoms with van der Waals surface area (Å²) in [7, 11) is 0. The van der Waals surface area contributed by atoms with Gasteiger partial charge >= 0.3 is 0 Å². The Labute approximate surface area is 89.0 Å². The van der Waals surface area contributed by atoms with Gasteiger partial charge in [-0.3, -0.25) is 9.59 Å². The molecule has 0 radical (unpaired) electrons. The quantitative estimate of drug-likeness (QED) is 0.745. The Kier molecular flexibility index (Phi) is 2.08. The van der Waals surface area contributed by atoms with Crippen molar-refractivity contribution in [2.75, 3.05) is 0 Å². The predicted octanol–water partition coefficient (Wildman–Crippen LogP) is 0.700. The van der Waals surface area contributed by atoms with Crippen LogP contribution >= 0.6 is 11.3 Å². The molecule has 0 aliphatic carbocycles. The van der Waals surface area contributed by atoms with Crippen LogP contribution in [0.5, 0.6) is 0 Å². The van der Waals surface area contributed by atoms with Gasteiger partial charge in [-0.05, 0) is 19.4 Å². The van der Waals surface area contributed by atoms with Crippen LogP contribution in [0.1, 0.15) is 21.1 Å². The Morgan fingerprint density at radius 3 is 2.73 bits per heavy atom. The molecule has 1 amide bonds. The number of nitrogens with zero attached hydrogens (tertiary/aromatic N) is 1. The first-order chi connectivity index (χ1) is 7.00.